The Morgan fingerprint density at radius 3 is 2.67 bits per heavy atom. The van der Waals surface area contributed by atoms with Crippen molar-refractivity contribution >= 4 is 23.6 Å². The Bertz CT molecular complexity index is 1260. The van der Waals surface area contributed by atoms with E-state index in [0.29, 0.717) is 23.7 Å². The Labute approximate surface area is 211 Å². The van der Waals surface area contributed by atoms with E-state index in [2.05, 4.69) is 10.4 Å². The minimum Gasteiger partial charge on any atom is -0.496 e. The maximum atomic E-state index is 13.0. The van der Waals surface area contributed by atoms with Crippen LogP contribution in [0.3, 0.4) is 0 Å². The molecule has 0 radical (unpaired) electrons. The Balaban J connectivity index is 1.43. The summed E-state index contributed by atoms with van der Waals surface area (Å²) in [5, 5.41) is 6.99. The lowest BCUT2D eigenvalue weighted by Crippen LogP contribution is -2.37. The number of likely N-dealkylation sites (tertiary alicyclic amines) is 1. The summed E-state index contributed by atoms with van der Waals surface area (Å²) < 4.78 is 12.9. The summed E-state index contributed by atoms with van der Waals surface area (Å²) in [7, 11) is 3.32. The molecule has 1 aromatic heterocycles. The topological polar surface area (TPSA) is 85.7 Å². The van der Waals surface area contributed by atoms with Gasteiger partial charge < -0.3 is 19.7 Å². The number of rotatable bonds is 8. The molecule has 2 heterocycles. The molecule has 1 fully saturated rings. The zero-order chi connectivity index (χ0) is 25.5. The normalized spacial score (nSPS) is 13.6. The van der Waals surface area contributed by atoms with Crippen molar-refractivity contribution in [2.45, 2.75) is 32.8 Å². The lowest BCUT2D eigenvalue weighted by Gasteiger charge is -2.26. The number of nitrogens with zero attached hydrogens (tertiary/aromatic N) is 3. The van der Waals surface area contributed by atoms with Crippen LogP contribution in [-0.4, -0.2) is 46.7 Å². The summed E-state index contributed by atoms with van der Waals surface area (Å²) >= 11 is 0. The van der Waals surface area contributed by atoms with Crippen molar-refractivity contribution in [1.82, 2.24) is 14.7 Å². The molecule has 0 spiro atoms. The number of piperidine rings is 1. The predicted octanol–water partition coefficient (Wildman–Crippen LogP) is 4.59. The van der Waals surface area contributed by atoms with Gasteiger partial charge in [-0.25, -0.2) is 0 Å². The standard InChI is InChI=1S/C28H32N4O4/c1-20-8-7-9-23(16-20)36-19-22-17-21(10-12-25(22)35-3)11-13-26(33)30-24-18-29-31(2)27(24)28(34)32-14-5-4-6-15-32/h7-13,16-18H,4-6,14-15,19H2,1-3H3,(H,30,33)/b13-11+. The van der Waals surface area contributed by atoms with Crippen molar-refractivity contribution in [3.8, 4) is 11.5 Å². The van der Waals surface area contributed by atoms with Gasteiger partial charge in [0.15, 0.2) is 0 Å². The van der Waals surface area contributed by atoms with Gasteiger partial charge in [-0.1, -0.05) is 18.2 Å². The maximum absolute atomic E-state index is 13.0. The molecular formula is C28H32N4O4. The first-order valence-electron chi connectivity index (χ1n) is 12.1. The number of methoxy groups -OCH3 is 1. The Hall–Kier alpha value is -4.07. The molecule has 0 unspecified atom stereocenters. The highest BCUT2D eigenvalue weighted by molar-refractivity contribution is 6.06. The van der Waals surface area contributed by atoms with Crippen LogP contribution in [0, 0.1) is 6.92 Å². The number of anilines is 1. The van der Waals surface area contributed by atoms with Crippen LogP contribution < -0.4 is 14.8 Å². The average molecular weight is 489 g/mol. The summed E-state index contributed by atoms with van der Waals surface area (Å²) in [5.74, 6) is 1.04. The Morgan fingerprint density at radius 2 is 1.92 bits per heavy atom. The number of nitrogens with one attached hydrogen (secondary N) is 1. The zero-order valence-corrected chi connectivity index (χ0v) is 21.0. The van der Waals surface area contributed by atoms with Gasteiger partial charge in [-0.3, -0.25) is 14.3 Å². The van der Waals surface area contributed by atoms with E-state index in [4.69, 9.17) is 9.47 Å². The maximum Gasteiger partial charge on any atom is 0.274 e. The van der Waals surface area contributed by atoms with Gasteiger partial charge in [0, 0.05) is 31.8 Å². The number of carbonyl (C=O) groups is 2. The molecule has 1 N–H and O–H groups in total. The first kappa shape index (κ1) is 25.0. The number of aryl methyl sites for hydroxylation is 2. The number of amides is 2. The van der Waals surface area contributed by atoms with Gasteiger partial charge in [0.1, 0.15) is 23.8 Å². The summed E-state index contributed by atoms with van der Waals surface area (Å²) in [4.78, 5) is 27.5. The molecule has 1 aliphatic heterocycles. The van der Waals surface area contributed by atoms with Crippen LogP contribution in [0.5, 0.6) is 11.5 Å². The summed E-state index contributed by atoms with van der Waals surface area (Å²) in [5.41, 5.74) is 3.60. The lowest BCUT2D eigenvalue weighted by molar-refractivity contribution is -0.111. The lowest BCUT2D eigenvalue weighted by atomic mass is 10.1. The SMILES string of the molecule is COc1ccc(/C=C/C(=O)Nc2cnn(C)c2C(=O)N2CCCCC2)cc1COc1cccc(C)c1. The molecule has 3 aromatic rings. The summed E-state index contributed by atoms with van der Waals surface area (Å²) in [6, 6.07) is 13.5. The summed E-state index contributed by atoms with van der Waals surface area (Å²) in [6.07, 6.45) is 7.79. The molecule has 2 amide bonds. The van der Waals surface area contributed by atoms with Crippen LogP contribution in [0.2, 0.25) is 0 Å². The number of hydrogen-bond acceptors (Lipinski definition) is 5. The smallest absolute Gasteiger partial charge is 0.274 e. The monoisotopic (exact) mass is 488 g/mol. The van der Waals surface area contributed by atoms with Gasteiger partial charge in [0.25, 0.3) is 5.91 Å². The molecule has 36 heavy (non-hydrogen) atoms. The Morgan fingerprint density at radius 1 is 1.11 bits per heavy atom. The molecule has 1 aliphatic rings. The fourth-order valence-electron chi connectivity index (χ4n) is 4.26. The first-order chi connectivity index (χ1) is 17.4. The van der Waals surface area contributed by atoms with Crippen molar-refractivity contribution in [3.05, 3.63) is 77.1 Å². The number of aromatic nitrogens is 2. The van der Waals surface area contributed by atoms with Crippen LogP contribution in [0.4, 0.5) is 5.69 Å². The van der Waals surface area contributed by atoms with Crippen molar-refractivity contribution in [2.75, 3.05) is 25.5 Å². The third-order valence-corrected chi connectivity index (χ3v) is 6.16. The molecule has 4 rings (SSSR count). The fraction of sp³-hybridized carbons (Fsp3) is 0.321. The molecule has 0 bridgehead atoms. The summed E-state index contributed by atoms with van der Waals surface area (Å²) in [6.45, 7) is 3.80. The molecule has 188 valence electrons. The van der Waals surface area contributed by atoms with E-state index in [9.17, 15) is 9.59 Å². The molecule has 1 saturated heterocycles. The molecule has 0 atom stereocenters. The van der Waals surface area contributed by atoms with E-state index in [1.165, 1.54) is 17.0 Å². The van der Waals surface area contributed by atoms with Crippen molar-refractivity contribution in [3.63, 3.8) is 0 Å². The van der Waals surface area contributed by atoms with Crippen molar-refractivity contribution in [1.29, 1.82) is 0 Å². The third-order valence-electron chi connectivity index (χ3n) is 6.16. The van der Waals surface area contributed by atoms with Gasteiger partial charge in [-0.15, -0.1) is 0 Å². The highest BCUT2D eigenvalue weighted by Crippen LogP contribution is 2.24. The van der Waals surface area contributed by atoms with Gasteiger partial charge in [-0.2, -0.15) is 5.10 Å². The van der Waals surface area contributed by atoms with Crippen LogP contribution in [0.25, 0.3) is 6.08 Å². The zero-order valence-electron chi connectivity index (χ0n) is 21.0. The fourth-order valence-corrected chi connectivity index (χ4v) is 4.26. The Kier molecular flexibility index (Phi) is 8.05. The van der Waals surface area contributed by atoms with Crippen LogP contribution in [-0.2, 0) is 18.4 Å². The second-order valence-corrected chi connectivity index (χ2v) is 8.88. The second-order valence-electron chi connectivity index (χ2n) is 8.88. The van der Waals surface area contributed by atoms with Gasteiger partial charge in [-0.05, 0) is 67.7 Å². The van der Waals surface area contributed by atoms with Gasteiger partial charge in [0.2, 0.25) is 5.91 Å². The number of ether oxygens (including phenoxy) is 2. The van der Waals surface area contributed by atoms with E-state index in [0.717, 1.165) is 54.8 Å². The van der Waals surface area contributed by atoms with Gasteiger partial charge >= 0.3 is 0 Å². The molecular weight excluding hydrogens is 456 g/mol. The highest BCUT2D eigenvalue weighted by Gasteiger charge is 2.24. The minimum absolute atomic E-state index is 0.109. The van der Waals surface area contributed by atoms with Crippen LogP contribution in [0.1, 0.15) is 46.4 Å². The predicted molar refractivity (Wildman–Crippen MR) is 139 cm³/mol. The second kappa shape index (κ2) is 11.6. The van der Waals surface area contributed by atoms with Gasteiger partial charge in [0.05, 0.1) is 19.0 Å². The molecule has 0 aliphatic carbocycles. The van der Waals surface area contributed by atoms with E-state index >= 15 is 0 Å². The van der Waals surface area contributed by atoms with Crippen molar-refractivity contribution in [2.24, 2.45) is 7.05 Å². The average Bonchev–Trinajstić information content (AvgIpc) is 3.25. The number of hydrogen-bond donors (Lipinski definition) is 1. The number of carbonyl (C=O) groups excluding carboxylic acids is 2. The van der Waals surface area contributed by atoms with E-state index in [1.807, 2.05) is 54.3 Å². The van der Waals surface area contributed by atoms with Crippen molar-refractivity contribution < 1.29 is 19.1 Å². The molecule has 8 nitrogen and oxygen atoms in total. The molecule has 8 heteroatoms. The van der Waals surface area contributed by atoms with Crippen LogP contribution in [0.15, 0.2) is 54.7 Å². The third kappa shape index (κ3) is 6.13. The highest BCUT2D eigenvalue weighted by atomic mass is 16.5. The minimum atomic E-state index is -0.343. The van der Waals surface area contributed by atoms with E-state index in [-0.39, 0.29) is 11.8 Å². The molecule has 0 saturated carbocycles. The van der Waals surface area contributed by atoms with E-state index in [1.54, 1.807) is 20.2 Å². The quantitative estimate of drug-likeness (QED) is 0.469. The molecule has 2 aromatic carbocycles. The van der Waals surface area contributed by atoms with E-state index < -0.39 is 0 Å². The number of benzene rings is 2. The first-order valence-corrected chi connectivity index (χ1v) is 12.1. The van der Waals surface area contributed by atoms with Crippen LogP contribution >= 0.6 is 0 Å². The largest absolute Gasteiger partial charge is 0.496 e.